The molecule has 3 aromatic rings. The van der Waals surface area contributed by atoms with Crippen LogP contribution in [0.15, 0.2) is 37.0 Å². The van der Waals surface area contributed by atoms with Gasteiger partial charge in [0.15, 0.2) is 5.65 Å². The van der Waals surface area contributed by atoms with E-state index in [1.54, 1.807) is 19.4 Å². The number of anilines is 3. The third kappa shape index (κ3) is 5.11. The SMILES string of the molecule is C=Cc1cc(Nc2cc(C#N)c(N3CCN(C(=O)CCOC)C(C)C3)nc2C2CC2)c2cccnc2n1. The summed E-state index contributed by atoms with van der Waals surface area (Å²) in [5.41, 5.74) is 4.51. The third-order valence-corrected chi connectivity index (χ3v) is 6.97. The molecule has 1 saturated heterocycles. The van der Waals surface area contributed by atoms with Gasteiger partial charge in [-0.05, 0) is 50.1 Å². The molecule has 1 unspecified atom stereocenters. The molecule has 4 heterocycles. The van der Waals surface area contributed by atoms with Crippen LogP contribution in [0.5, 0.6) is 0 Å². The van der Waals surface area contributed by atoms with Crippen LogP contribution in [0, 0.1) is 11.3 Å². The number of nitriles is 1. The van der Waals surface area contributed by atoms with E-state index in [0.717, 1.165) is 41.0 Å². The summed E-state index contributed by atoms with van der Waals surface area (Å²) in [5, 5.41) is 14.5. The summed E-state index contributed by atoms with van der Waals surface area (Å²) in [7, 11) is 1.60. The van der Waals surface area contributed by atoms with Gasteiger partial charge in [-0.25, -0.2) is 15.0 Å². The van der Waals surface area contributed by atoms with Crippen molar-refractivity contribution in [2.24, 2.45) is 0 Å². The fourth-order valence-electron chi connectivity index (χ4n) is 4.89. The maximum atomic E-state index is 12.6. The van der Waals surface area contributed by atoms with Gasteiger partial charge in [0.25, 0.3) is 0 Å². The molecule has 9 nitrogen and oxygen atoms in total. The molecular formula is C28H31N7O2. The Morgan fingerprint density at radius 3 is 2.84 bits per heavy atom. The average Bonchev–Trinajstić information content (AvgIpc) is 3.76. The Kier molecular flexibility index (Phi) is 7.01. The maximum Gasteiger partial charge on any atom is 0.225 e. The minimum atomic E-state index is 0.0154. The maximum absolute atomic E-state index is 12.6. The van der Waals surface area contributed by atoms with Crippen LogP contribution < -0.4 is 10.2 Å². The van der Waals surface area contributed by atoms with E-state index in [1.165, 1.54) is 0 Å². The van der Waals surface area contributed by atoms with Crippen molar-refractivity contribution >= 4 is 40.2 Å². The zero-order valence-electron chi connectivity index (χ0n) is 21.3. The van der Waals surface area contributed by atoms with Gasteiger partial charge in [-0.1, -0.05) is 6.58 Å². The summed E-state index contributed by atoms with van der Waals surface area (Å²) in [4.78, 5) is 30.6. The Morgan fingerprint density at radius 2 is 2.14 bits per heavy atom. The fraction of sp³-hybridized carbons (Fsp3) is 0.393. The molecule has 0 aromatic carbocycles. The number of amides is 1. The molecule has 1 saturated carbocycles. The molecule has 3 aromatic heterocycles. The summed E-state index contributed by atoms with van der Waals surface area (Å²) in [5.74, 6) is 1.14. The van der Waals surface area contributed by atoms with Crippen molar-refractivity contribution in [3.8, 4) is 6.07 Å². The Morgan fingerprint density at radius 1 is 1.30 bits per heavy atom. The van der Waals surface area contributed by atoms with E-state index in [4.69, 9.17) is 9.72 Å². The number of hydrogen-bond acceptors (Lipinski definition) is 8. The third-order valence-electron chi connectivity index (χ3n) is 6.97. The standard InChI is InChI=1S/C28H31N7O2/c1-4-21-15-23(22-6-5-10-30-27(22)31-21)32-24-14-20(16-29)28(33-26(24)19-7-8-19)34-11-12-35(18(2)17-34)25(36)9-13-37-3/h4-6,10,14-15,18-19H,1,7-9,11-13,17H2,2-3H3,(H,30,31,32). The summed E-state index contributed by atoms with van der Waals surface area (Å²) >= 11 is 0. The van der Waals surface area contributed by atoms with Crippen LogP contribution in [0.4, 0.5) is 17.2 Å². The van der Waals surface area contributed by atoms with Crippen molar-refractivity contribution in [2.75, 3.05) is 43.6 Å². The van der Waals surface area contributed by atoms with Crippen molar-refractivity contribution in [1.29, 1.82) is 5.26 Å². The van der Waals surface area contributed by atoms with Gasteiger partial charge in [0, 0.05) is 50.3 Å². The highest BCUT2D eigenvalue weighted by molar-refractivity contribution is 5.92. The Labute approximate surface area is 216 Å². The Bertz CT molecular complexity index is 1380. The lowest BCUT2D eigenvalue weighted by atomic mass is 10.1. The highest BCUT2D eigenvalue weighted by Crippen LogP contribution is 2.45. The van der Waals surface area contributed by atoms with Gasteiger partial charge in [-0.2, -0.15) is 5.26 Å². The largest absolute Gasteiger partial charge is 0.384 e. The number of carbonyl (C=O) groups is 1. The second-order valence-electron chi connectivity index (χ2n) is 9.60. The lowest BCUT2D eigenvalue weighted by Crippen LogP contribution is -2.54. The predicted molar refractivity (Wildman–Crippen MR) is 144 cm³/mol. The van der Waals surface area contributed by atoms with E-state index in [1.807, 2.05) is 36.1 Å². The number of ether oxygens (including phenoxy) is 1. The Hall–Kier alpha value is -4.03. The van der Waals surface area contributed by atoms with Gasteiger partial charge >= 0.3 is 0 Å². The van der Waals surface area contributed by atoms with Gasteiger partial charge in [-0.3, -0.25) is 4.79 Å². The lowest BCUT2D eigenvalue weighted by molar-refractivity contribution is -0.134. The smallest absolute Gasteiger partial charge is 0.225 e. The van der Waals surface area contributed by atoms with Gasteiger partial charge in [0.1, 0.15) is 11.9 Å². The van der Waals surface area contributed by atoms with Gasteiger partial charge < -0.3 is 19.9 Å². The molecule has 9 heteroatoms. The van der Waals surface area contributed by atoms with Crippen LogP contribution in [-0.2, 0) is 9.53 Å². The quantitative estimate of drug-likeness (QED) is 0.493. The number of nitrogens with zero attached hydrogens (tertiary/aromatic N) is 6. The number of carbonyl (C=O) groups excluding carboxylic acids is 1. The Balaban J connectivity index is 1.46. The monoisotopic (exact) mass is 497 g/mol. The van der Waals surface area contributed by atoms with Crippen LogP contribution in [0.2, 0.25) is 0 Å². The average molecular weight is 498 g/mol. The van der Waals surface area contributed by atoms with Crippen molar-refractivity contribution in [3.63, 3.8) is 0 Å². The second-order valence-corrected chi connectivity index (χ2v) is 9.60. The first-order valence-corrected chi connectivity index (χ1v) is 12.7. The number of pyridine rings is 3. The molecule has 5 rings (SSSR count). The minimum Gasteiger partial charge on any atom is -0.384 e. The molecule has 2 fully saturated rings. The second kappa shape index (κ2) is 10.5. The normalized spacial score (nSPS) is 17.5. The zero-order chi connectivity index (χ0) is 25.9. The van der Waals surface area contributed by atoms with Gasteiger partial charge in [-0.15, -0.1) is 0 Å². The topological polar surface area (TPSA) is 107 Å². The highest BCUT2D eigenvalue weighted by Gasteiger charge is 2.33. The number of fused-ring (bicyclic) bond motifs is 1. The van der Waals surface area contributed by atoms with Crippen LogP contribution in [0.25, 0.3) is 17.1 Å². The fourth-order valence-corrected chi connectivity index (χ4v) is 4.89. The molecule has 1 aliphatic heterocycles. The summed E-state index contributed by atoms with van der Waals surface area (Å²) in [6, 6.07) is 10.1. The minimum absolute atomic E-state index is 0.0154. The van der Waals surface area contributed by atoms with Crippen LogP contribution in [-0.4, -0.2) is 65.2 Å². The highest BCUT2D eigenvalue weighted by atomic mass is 16.5. The van der Waals surface area contributed by atoms with E-state index in [-0.39, 0.29) is 11.9 Å². The molecule has 190 valence electrons. The van der Waals surface area contributed by atoms with Crippen molar-refractivity contribution in [2.45, 2.75) is 38.1 Å². The van der Waals surface area contributed by atoms with E-state index in [9.17, 15) is 10.1 Å². The molecule has 1 N–H and O–H groups in total. The van der Waals surface area contributed by atoms with Crippen molar-refractivity contribution < 1.29 is 9.53 Å². The van der Waals surface area contributed by atoms with Crippen LogP contribution >= 0.6 is 0 Å². The molecule has 0 spiro atoms. The van der Waals surface area contributed by atoms with E-state index in [0.29, 0.717) is 55.6 Å². The number of methoxy groups -OCH3 is 1. The first-order valence-electron chi connectivity index (χ1n) is 12.7. The molecule has 2 aliphatic rings. The first kappa shape index (κ1) is 24.7. The van der Waals surface area contributed by atoms with E-state index >= 15 is 0 Å². The van der Waals surface area contributed by atoms with Crippen LogP contribution in [0.1, 0.15) is 49.1 Å². The first-order chi connectivity index (χ1) is 18.0. The van der Waals surface area contributed by atoms with Crippen LogP contribution in [0.3, 0.4) is 0 Å². The number of piperazine rings is 1. The molecule has 0 radical (unpaired) electrons. The summed E-state index contributed by atoms with van der Waals surface area (Å²) < 4.78 is 5.07. The molecular weight excluding hydrogens is 466 g/mol. The van der Waals surface area contributed by atoms with Crippen molar-refractivity contribution in [3.05, 3.63) is 54.0 Å². The lowest BCUT2D eigenvalue weighted by Gasteiger charge is -2.41. The van der Waals surface area contributed by atoms with E-state index < -0.39 is 0 Å². The zero-order valence-corrected chi connectivity index (χ0v) is 21.3. The summed E-state index contributed by atoms with van der Waals surface area (Å²) in [6.45, 7) is 8.17. The molecule has 1 atom stereocenters. The number of hydrogen-bond donors (Lipinski definition) is 1. The van der Waals surface area contributed by atoms with Gasteiger partial charge in [0.2, 0.25) is 5.91 Å². The molecule has 0 bridgehead atoms. The van der Waals surface area contributed by atoms with Gasteiger partial charge in [0.05, 0.1) is 41.4 Å². The molecule has 37 heavy (non-hydrogen) atoms. The van der Waals surface area contributed by atoms with Crippen molar-refractivity contribution in [1.82, 2.24) is 19.9 Å². The molecule has 1 aliphatic carbocycles. The number of rotatable bonds is 8. The number of aromatic nitrogens is 3. The predicted octanol–water partition coefficient (Wildman–Crippen LogP) is 4.23. The summed E-state index contributed by atoms with van der Waals surface area (Å²) in [6.07, 6.45) is 5.94. The van der Waals surface area contributed by atoms with E-state index in [2.05, 4.69) is 32.8 Å². The molecule has 1 amide bonds. The number of nitrogens with one attached hydrogen (secondary N) is 1.